The molecule has 144 valence electrons. The topological polar surface area (TPSA) is 66.8 Å². The van der Waals surface area contributed by atoms with Gasteiger partial charge < -0.3 is 14.7 Å². The average molecular weight is 361 g/mol. The first-order valence-electron chi connectivity index (χ1n) is 9.96. The fourth-order valence-corrected chi connectivity index (χ4v) is 7.26. The first kappa shape index (κ1) is 18.0. The molecule has 1 amide bonds. The number of nitrogens with zero attached hydrogens (tertiary/aromatic N) is 1. The molecular formula is C21H31NO4. The highest BCUT2D eigenvalue weighted by Crippen LogP contribution is 2.66. The molecule has 5 heteroatoms. The zero-order valence-corrected chi connectivity index (χ0v) is 16.3. The number of carbonyl (C=O) groups excluding carboxylic acids is 2. The van der Waals surface area contributed by atoms with Gasteiger partial charge in [0.2, 0.25) is 5.91 Å². The molecule has 4 aliphatic rings. The van der Waals surface area contributed by atoms with Gasteiger partial charge in [-0.2, -0.15) is 0 Å². The van der Waals surface area contributed by atoms with Crippen molar-refractivity contribution in [3.63, 3.8) is 0 Å². The second-order valence-corrected chi connectivity index (χ2v) is 9.47. The molecule has 0 aromatic rings. The molecule has 0 aromatic carbocycles. The Kier molecular flexibility index (Phi) is 3.86. The van der Waals surface area contributed by atoms with Crippen LogP contribution < -0.4 is 0 Å². The summed E-state index contributed by atoms with van der Waals surface area (Å²) in [5, 5.41) is 11.2. The van der Waals surface area contributed by atoms with Crippen molar-refractivity contribution in [3.05, 3.63) is 12.2 Å². The second-order valence-electron chi connectivity index (χ2n) is 9.47. The van der Waals surface area contributed by atoms with E-state index in [1.807, 2.05) is 11.9 Å². The number of ether oxygens (including phenoxy) is 1. The van der Waals surface area contributed by atoms with Crippen LogP contribution in [0.5, 0.6) is 0 Å². The summed E-state index contributed by atoms with van der Waals surface area (Å²) in [7, 11) is 3.29. The molecule has 0 radical (unpaired) electrons. The highest BCUT2D eigenvalue weighted by Gasteiger charge is 2.67. The Balaban J connectivity index is 1.69. The third-order valence-electron chi connectivity index (χ3n) is 8.80. The summed E-state index contributed by atoms with van der Waals surface area (Å²) in [4.78, 5) is 26.5. The molecule has 3 aliphatic carbocycles. The highest BCUT2D eigenvalue weighted by atomic mass is 16.5. The number of hydrogen-bond donors (Lipinski definition) is 1. The first-order valence-corrected chi connectivity index (χ1v) is 9.96. The predicted octanol–water partition coefficient (Wildman–Crippen LogP) is 2.53. The van der Waals surface area contributed by atoms with Crippen LogP contribution in [0.25, 0.3) is 0 Å². The van der Waals surface area contributed by atoms with E-state index < -0.39 is 17.0 Å². The Hall–Kier alpha value is -1.36. The number of hydrogen-bond acceptors (Lipinski definition) is 4. The van der Waals surface area contributed by atoms with E-state index in [0.717, 1.165) is 32.1 Å². The Bertz CT molecular complexity index is 675. The van der Waals surface area contributed by atoms with E-state index in [1.165, 1.54) is 7.11 Å². The maximum absolute atomic E-state index is 12.4. The maximum Gasteiger partial charge on any atom is 0.338 e. The van der Waals surface area contributed by atoms with Crippen LogP contribution in [0.3, 0.4) is 0 Å². The van der Waals surface area contributed by atoms with Crippen LogP contribution >= 0.6 is 0 Å². The lowest BCUT2D eigenvalue weighted by atomic mass is 9.47. The van der Waals surface area contributed by atoms with Crippen LogP contribution in [0, 0.1) is 28.6 Å². The number of amides is 1. The Morgan fingerprint density at radius 3 is 2.58 bits per heavy atom. The summed E-state index contributed by atoms with van der Waals surface area (Å²) >= 11 is 0. The number of carbonyl (C=O) groups is 2. The van der Waals surface area contributed by atoms with Gasteiger partial charge in [0.25, 0.3) is 0 Å². The summed E-state index contributed by atoms with van der Waals surface area (Å²) in [6.45, 7) is 4.40. The quantitative estimate of drug-likeness (QED) is 0.729. The maximum atomic E-state index is 12.4. The van der Waals surface area contributed by atoms with Crippen molar-refractivity contribution < 1.29 is 19.4 Å². The lowest BCUT2D eigenvalue weighted by Crippen LogP contribution is -2.62. The van der Waals surface area contributed by atoms with Gasteiger partial charge in [-0.15, -0.1) is 0 Å². The van der Waals surface area contributed by atoms with Crippen LogP contribution in [0.15, 0.2) is 12.2 Å². The van der Waals surface area contributed by atoms with Gasteiger partial charge in [-0.3, -0.25) is 4.79 Å². The molecule has 0 bridgehead atoms. The highest BCUT2D eigenvalue weighted by molar-refractivity contribution is 5.89. The van der Waals surface area contributed by atoms with Crippen LogP contribution in [0.2, 0.25) is 0 Å². The van der Waals surface area contributed by atoms with Crippen molar-refractivity contribution in [1.29, 1.82) is 0 Å². The predicted molar refractivity (Wildman–Crippen MR) is 97.0 cm³/mol. The Labute approximate surface area is 155 Å². The lowest BCUT2D eigenvalue weighted by molar-refractivity contribution is -0.187. The summed E-state index contributed by atoms with van der Waals surface area (Å²) in [6, 6.07) is 0.256. The van der Waals surface area contributed by atoms with Crippen molar-refractivity contribution in [2.45, 2.75) is 64.0 Å². The Morgan fingerprint density at radius 2 is 1.88 bits per heavy atom. The minimum Gasteiger partial charge on any atom is -0.467 e. The monoisotopic (exact) mass is 361 g/mol. The second kappa shape index (κ2) is 5.57. The van der Waals surface area contributed by atoms with Crippen molar-refractivity contribution in [2.24, 2.45) is 28.6 Å². The van der Waals surface area contributed by atoms with Gasteiger partial charge in [0.15, 0.2) is 5.60 Å². The number of likely N-dealkylation sites (N-methyl/N-ethyl adjacent to an activating group) is 1. The van der Waals surface area contributed by atoms with Crippen LogP contribution in [-0.2, 0) is 14.3 Å². The molecule has 1 heterocycles. The van der Waals surface area contributed by atoms with Crippen molar-refractivity contribution in [3.8, 4) is 0 Å². The molecule has 26 heavy (non-hydrogen) atoms. The average Bonchev–Trinajstić information content (AvgIpc) is 2.90. The first-order chi connectivity index (χ1) is 12.2. The minimum atomic E-state index is -1.36. The third kappa shape index (κ3) is 2.01. The van der Waals surface area contributed by atoms with Crippen LogP contribution in [0.1, 0.15) is 52.4 Å². The molecule has 0 spiro atoms. The van der Waals surface area contributed by atoms with Gasteiger partial charge >= 0.3 is 5.97 Å². The van der Waals surface area contributed by atoms with Crippen molar-refractivity contribution in [1.82, 2.24) is 4.90 Å². The van der Waals surface area contributed by atoms with Crippen molar-refractivity contribution in [2.75, 3.05) is 14.2 Å². The fourth-order valence-electron chi connectivity index (χ4n) is 7.26. The molecule has 4 rings (SSSR count). The Morgan fingerprint density at radius 1 is 1.19 bits per heavy atom. The summed E-state index contributed by atoms with van der Waals surface area (Å²) < 4.78 is 4.97. The van der Waals surface area contributed by atoms with Crippen LogP contribution in [0.4, 0.5) is 0 Å². The smallest absolute Gasteiger partial charge is 0.338 e. The van der Waals surface area contributed by atoms with Crippen LogP contribution in [-0.4, -0.2) is 47.7 Å². The normalized spacial score (nSPS) is 50.0. The number of rotatable bonds is 1. The van der Waals surface area contributed by atoms with E-state index in [2.05, 4.69) is 19.9 Å². The molecule has 1 aliphatic heterocycles. The number of esters is 1. The van der Waals surface area contributed by atoms with Gasteiger partial charge in [-0.05, 0) is 62.4 Å². The molecular weight excluding hydrogens is 330 g/mol. The molecule has 1 N–H and O–H groups in total. The van der Waals surface area contributed by atoms with Gasteiger partial charge in [-0.25, -0.2) is 4.79 Å². The van der Waals surface area contributed by atoms with E-state index in [-0.39, 0.29) is 17.4 Å². The zero-order valence-electron chi connectivity index (χ0n) is 16.3. The number of fused-ring (bicyclic) bond motifs is 5. The van der Waals surface area contributed by atoms with E-state index in [4.69, 9.17) is 4.74 Å². The standard InChI is InChI=1S/C21H31NO4/c1-19-10-9-17(23)22(3)16(19)6-5-13-14(19)7-11-20(2)15(13)8-12-21(20,25)18(24)26-4/h9-10,13-16,25H,5-8,11-12H2,1-4H3/t13-,14-,15+,16?,19-,20+,21?/m1/s1. The summed E-state index contributed by atoms with van der Waals surface area (Å²) in [5.41, 5.74) is -1.78. The molecule has 0 saturated heterocycles. The van der Waals surface area contributed by atoms with Gasteiger partial charge in [-0.1, -0.05) is 19.9 Å². The van der Waals surface area contributed by atoms with E-state index in [9.17, 15) is 14.7 Å². The molecule has 5 nitrogen and oxygen atoms in total. The number of aliphatic hydroxyl groups is 1. The fraction of sp³-hybridized carbons (Fsp3) is 0.810. The largest absolute Gasteiger partial charge is 0.467 e. The molecule has 3 fully saturated rings. The van der Waals surface area contributed by atoms with E-state index in [1.54, 1.807) is 6.08 Å². The van der Waals surface area contributed by atoms with Gasteiger partial charge in [0.05, 0.1) is 7.11 Å². The molecule has 7 atom stereocenters. The molecule has 0 aromatic heterocycles. The molecule has 2 unspecified atom stereocenters. The van der Waals surface area contributed by atoms with E-state index >= 15 is 0 Å². The van der Waals surface area contributed by atoms with Gasteiger partial charge in [0, 0.05) is 23.9 Å². The van der Waals surface area contributed by atoms with Crippen molar-refractivity contribution >= 4 is 11.9 Å². The van der Waals surface area contributed by atoms with E-state index in [0.29, 0.717) is 24.2 Å². The third-order valence-corrected chi connectivity index (χ3v) is 8.80. The minimum absolute atomic E-state index is 0.0150. The summed E-state index contributed by atoms with van der Waals surface area (Å²) in [5.74, 6) is 0.946. The SMILES string of the molecule is COC(=O)C1(O)CC[C@H]2[C@@H]3CCC4N(C)C(=O)C=C[C@]4(C)[C@@H]3CC[C@@]21C. The molecule has 3 saturated carbocycles. The van der Waals surface area contributed by atoms with Gasteiger partial charge in [0.1, 0.15) is 0 Å². The zero-order chi connectivity index (χ0) is 18.9. The number of methoxy groups -OCH3 is 1. The lowest BCUT2D eigenvalue weighted by Gasteiger charge is -2.60. The summed E-state index contributed by atoms with van der Waals surface area (Å²) in [6.07, 6.45) is 9.14.